The van der Waals surface area contributed by atoms with Gasteiger partial charge in [0.15, 0.2) is 5.96 Å². The van der Waals surface area contributed by atoms with Crippen LogP contribution in [0.25, 0.3) is 0 Å². The summed E-state index contributed by atoms with van der Waals surface area (Å²) in [5.41, 5.74) is 1.17. The van der Waals surface area contributed by atoms with Gasteiger partial charge in [0, 0.05) is 25.8 Å². The summed E-state index contributed by atoms with van der Waals surface area (Å²) in [4.78, 5) is 11.2. The highest BCUT2D eigenvalue weighted by Crippen LogP contribution is 2.15. The molecular formula is C17H28ClN5. The predicted octanol–water partition coefficient (Wildman–Crippen LogP) is 2.17. The van der Waals surface area contributed by atoms with E-state index < -0.39 is 0 Å². The minimum absolute atomic E-state index is 0.537. The number of halogens is 1. The molecule has 1 aliphatic rings. The number of nitrogens with zero attached hydrogens (tertiary/aromatic N) is 3. The second-order valence-electron chi connectivity index (χ2n) is 6.13. The minimum Gasteiger partial charge on any atom is -0.357 e. The maximum atomic E-state index is 5.80. The van der Waals surface area contributed by atoms with Gasteiger partial charge in [-0.15, -0.1) is 0 Å². The Morgan fingerprint density at radius 2 is 2.13 bits per heavy atom. The van der Waals surface area contributed by atoms with Crippen molar-refractivity contribution in [2.75, 3.05) is 39.8 Å². The SMILES string of the molecule is CCNC(=NCC1CCN(C)CC1)NCCc1ccc(Cl)nc1. The maximum absolute atomic E-state index is 5.80. The number of aliphatic imine (C=N–C) groups is 1. The van der Waals surface area contributed by atoms with Crippen LogP contribution in [0.5, 0.6) is 0 Å². The van der Waals surface area contributed by atoms with Gasteiger partial charge in [-0.05, 0) is 63.9 Å². The van der Waals surface area contributed by atoms with Crippen molar-refractivity contribution >= 4 is 17.6 Å². The van der Waals surface area contributed by atoms with Crippen molar-refractivity contribution in [2.45, 2.75) is 26.2 Å². The van der Waals surface area contributed by atoms with Gasteiger partial charge in [-0.1, -0.05) is 17.7 Å². The first kappa shape index (κ1) is 18.0. The molecule has 0 aliphatic carbocycles. The van der Waals surface area contributed by atoms with Crippen LogP contribution in [0.4, 0.5) is 0 Å². The Kier molecular flexibility index (Phi) is 7.62. The molecule has 2 rings (SSSR count). The van der Waals surface area contributed by atoms with Crippen molar-refractivity contribution in [3.05, 3.63) is 29.0 Å². The van der Waals surface area contributed by atoms with Gasteiger partial charge >= 0.3 is 0 Å². The molecule has 128 valence electrons. The fourth-order valence-corrected chi connectivity index (χ4v) is 2.80. The Bertz CT molecular complexity index is 480. The normalized spacial score (nSPS) is 17.3. The number of hydrogen-bond acceptors (Lipinski definition) is 3. The summed E-state index contributed by atoms with van der Waals surface area (Å²) in [6.07, 6.45) is 5.22. The van der Waals surface area contributed by atoms with Gasteiger partial charge < -0.3 is 15.5 Å². The number of piperidine rings is 1. The van der Waals surface area contributed by atoms with E-state index in [1.165, 1.54) is 31.5 Å². The summed E-state index contributed by atoms with van der Waals surface area (Å²) in [6, 6.07) is 3.84. The molecule has 0 saturated carbocycles. The zero-order valence-electron chi connectivity index (χ0n) is 14.2. The third-order valence-corrected chi connectivity index (χ3v) is 4.41. The van der Waals surface area contributed by atoms with E-state index in [2.05, 4.69) is 34.5 Å². The molecule has 5 nitrogen and oxygen atoms in total. The summed E-state index contributed by atoms with van der Waals surface area (Å²) >= 11 is 5.80. The van der Waals surface area contributed by atoms with Gasteiger partial charge in [0.1, 0.15) is 5.15 Å². The quantitative estimate of drug-likeness (QED) is 0.474. The smallest absolute Gasteiger partial charge is 0.191 e. The second kappa shape index (κ2) is 9.73. The molecule has 0 amide bonds. The molecule has 2 N–H and O–H groups in total. The van der Waals surface area contributed by atoms with Gasteiger partial charge in [0.05, 0.1) is 0 Å². The molecule has 1 aliphatic heterocycles. The third kappa shape index (κ3) is 6.75. The number of pyridine rings is 1. The van der Waals surface area contributed by atoms with Gasteiger partial charge in [0.25, 0.3) is 0 Å². The van der Waals surface area contributed by atoms with E-state index in [1.807, 2.05) is 18.3 Å². The molecule has 0 atom stereocenters. The van der Waals surface area contributed by atoms with Crippen molar-refractivity contribution in [3.8, 4) is 0 Å². The lowest BCUT2D eigenvalue weighted by atomic mass is 9.97. The van der Waals surface area contributed by atoms with E-state index in [-0.39, 0.29) is 0 Å². The number of nitrogens with one attached hydrogen (secondary N) is 2. The number of hydrogen-bond donors (Lipinski definition) is 2. The van der Waals surface area contributed by atoms with Crippen LogP contribution in [0.1, 0.15) is 25.3 Å². The fourth-order valence-electron chi connectivity index (χ4n) is 2.69. The third-order valence-electron chi connectivity index (χ3n) is 4.18. The topological polar surface area (TPSA) is 52.6 Å². The largest absolute Gasteiger partial charge is 0.357 e. The van der Waals surface area contributed by atoms with E-state index in [4.69, 9.17) is 16.6 Å². The molecule has 1 aromatic rings. The lowest BCUT2D eigenvalue weighted by molar-refractivity contribution is 0.223. The Balaban J connectivity index is 1.76. The average molecular weight is 338 g/mol. The Hall–Kier alpha value is -1.33. The molecule has 0 bridgehead atoms. The molecule has 0 radical (unpaired) electrons. The van der Waals surface area contributed by atoms with Crippen LogP contribution in [-0.4, -0.2) is 55.6 Å². The van der Waals surface area contributed by atoms with Crippen LogP contribution in [0.2, 0.25) is 5.15 Å². The molecule has 6 heteroatoms. The first-order chi connectivity index (χ1) is 11.2. The van der Waals surface area contributed by atoms with Crippen LogP contribution in [0.3, 0.4) is 0 Å². The number of likely N-dealkylation sites (tertiary alicyclic amines) is 1. The summed E-state index contributed by atoms with van der Waals surface area (Å²) in [7, 11) is 2.19. The van der Waals surface area contributed by atoms with Crippen LogP contribution in [0, 0.1) is 5.92 Å². The second-order valence-corrected chi connectivity index (χ2v) is 6.52. The molecule has 1 aromatic heterocycles. The van der Waals surface area contributed by atoms with E-state index in [1.54, 1.807) is 0 Å². The van der Waals surface area contributed by atoms with Gasteiger partial charge in [-0.2, -0.15) is 0 Å². The van der Waals surface area contributed by atoms with Crippen molar-refractivity contribution in [3.63, 3.8) is 0 Å². The van der Waals surface area contributed by atoms with Crippen LogP contribution in [-0.2, 0) is 6.42 Å². The Morgan fingerprint density at radius 3 is 2.78 bits per heavy atom. The number of rotatable bonds is 6. The number of aromatic nitrogens is 1. The highest BCUT2D eigenvalue weighted by Gasteiger charge is 2.16. The van der Waals surface area contributed by atoms with Crippen LogP contribution < -0.4 is 10.6 Å². The summed E-state index contributed by atoms with van der Waals surface area (Å²) in [5, 5.41) is 7.25. The van der Waals surface area contributed by atoms with Crippen molar-refractivity contribution < 1.29 is 0 Å². The van der Waals surface area contributed by atoms with E-state index in [9.17, 15) is 0 Å². The van der Waals surface area contributed by atoms with Gasteiger partial charge in [-0.25, -0.2) is 4.98 Å². The Morgan fingerprint density at radius 1 is 1.35 bits per heavy atom. The molecule has 0 spiro atoms. The van der Waals surface area contributed by atoms with Crippen molar-refractivity contribution in [2.24, 2.45) is 10.9 Å². The number of guanidine groups is 1. The molecule has 23 heavy (non-hydrogen) atoms. The molecule has 0 aromatic carbocycles. The maximum Gasteiger partial charge on any atom is 0.191 e. The van der Waals surface area contributed by atoms with E-state index in [0.717, 1.165) is 32.0 Å². The summed E-state index contributed by atoms with van der Waals surface area (Å²) in [6.45, 7) is 7.09. The molecule has 1 saturated heterocycles. The molecule has 0 unspecified atom stereocenters. The highest BCUT2D eigenvalue weighted by molar-refractivity contribution is 6.29. The fraction of sp³-hybridized carbons (Fsp3) is 0.647. The molecule has 2 heterocycles. The highest BCUT2D eigenvalue weighted by atomic mass is 35.5. The summed E-state index contributed by atoms with van der Waals surface area (Å²) in [5.74, 6) is 1.62. The summed E-state index contributed by atoms with van der Waals surface area (Å²) < 4.78 is 0. The van der Waals surface area contributed by atoms with Gasteiger partial charge in [0.2, 0.25) is 0 Å². The Labute approximate surface area is 144 Å². The predicted molar refractivity (Wildman–Crippen MR) is 97.2 cm³/mol. The lowest BCUT2D eigenvalue weighted by Gasteiger charge is -2.28. The van der Waals surface area contributed by atoms with Gasteiger partial charge in [-0.3, -0.25) is 4.99 Å². The lowest BCUT2D eigenvalue weighted by Crippen LogP contribution is -2.39. The monoisotopic (exact) mass is 337 g/mol. The van der Waals surface area contributed by atoms with Crippen LogP contribution >= 0.6 is 11.6 Å². The van der Waals surface area contributed by atoms with Crippen molar-refractivity contribution in [1.29, 1.82) is 0 Å². The first-order valence-electron chi connectivity index (χ1n) is 8.48. The van der Waals surface area contributed by atoms with E-state index in [0.29, 0.717) is 11.1 Å². The minimum atomic E-state index is 0.537. The van der Waals surface area contributed by atoms with Crippen molar-refractivity contribution in [1.82, 2.24) is 20.5 Å². The zero-order valence-corrected chi connectivity index (χ0v) is 14.9. The molecular weight excluding hydrogens is 310 g/mol. The first-order valence-corrected chi connectivity index (χ1v) is 8.86. The zero-order chi connectivity index (χ0) is 16.5. The molecule has 1 fully saturated rings. The van der Waals surface area contributed by atoms with E-state index >= 15 is 0 Å². The average Bonchev–Trinajstić information content (AvgIpc) is 2.56. The standard InChI is InChI=1S/C17H28ClN5/c1-3-19-17(22-13-15-7-10-23(2)11-8-15)20-9-6-14-4-5-16(18)21-12-14/h4-5,12,15H,3,6-11,13H2,1-2H3,(H2,19,20,22). The van der Waals surface area contributed by atoms with Crippen LogP contribution in [0.15, 0.2) is 23.3 Å².